The Kier molecular flexibility index (Phi) is 4.76. The third-order valence-corrected chi connectivity index (χ3v) is 5.17. The Morgan fingerprint density at radius 3 is 2.88 bits per heavy atom. The minimum atomic E-state index is -0.386. The first kappa shape index (κ1) is 17.5. The van der Waals surface area contributed by atoms with E-state index in [2.05, 4.69) is 44.0 Å². The zero-order valence-electron chi connectivity index (χ0n) is 15.5. The van der Waals surface area contributed by atoms with Crippen molar-refractivity contribution in [2.45, 2.75) is 65.6 Å². The first-order chi connectivity index (χ1) is 11.2. The molecule has 24 heavy (non-hydrogen) atoms. The second-order valence-electron chi connectivity index (χ2n) is 8.29. The fourth-order valence-electron chi connectivity index (χ4n) is 3.87. The Morgan fingerprint density at radius 2 is 2.17 bits per heavy atom. The molecule has 0 unspecified atom stereocenters. The van der Waals surface area contributed by atoms with Gasteiger partial charge in [0.15, 0.2) is 0 Å². The van der Waals surface area contributed by atoms with E-state index in [9.17, 15) is 4.79 Å². The Hall–Kier alpha value is -1.33. The van der Waals surface area contributed by atoms with Gasteiger partial charge >= 0.3 is 0 Å². The average molecular weight is 334 g/mol. The summed E-state index contributed by atoms with van der Waals surface area (Å²) in [7, 11) is 0. The van der Waals surface area contributed by atoms with Crippen LogP contribution in [0.5, 0.6) is 0 Å². The Morgan fingerprint density at radius 1 is 1.42 bits per heavy atom. The fourth-order valence-corrected chi connectivity index (χ4v) is 3.87. The van der Waals surface area contributed by atoms with Gasteiger partial charge in [-0.3, -0.25) is 9.69 Å². The van der Waals surface area contributed by atoms with E-state index in [0.29, 0.717) is 19.2 Å². The number of carbonyl (C=O) groups is 1. The van der Waals surface area contributed by atoms with Crippen molar-refractivity contribution >= 4 is 5.91 Å². The molecule has 2 atom stereocenters. The highest BCUT2D eigenvalue weighted by atomic mass is 16.5. The van der Waals surface area contributed by atoms with Crippen molar-refractivity contribution in [2.24, 2.45) is 5.41 Å². The molecule has 0 radical (unpaired) electrons. The first-order valence-electron chi connectivity index (χ1n) is 9.00. The van der Waals surface area contributed by atoms with Crippen LogP contribution in [0, 0.1) is 12.3 Å². The van der Waals surface area contributed by atoms with Crippen molar-refractivity contribution in [3.8, 4) is 0 Å². The number of amides is 1. The van der Waals surface area contributed by atoms with Gasteiger partial charge in [-0.2, -0.15) is 0 Å². The summed E-state index contributed by atoms with van der Waals surface area (Å²) in [4.78, 5) is 15.1. The van der Waals surface area contributed by atoms with Crippen molar-refractivity contribution in [3.63, 3.8) is 0 Å². The molecular weight excluding hydrogens is 304 g/mol. The van der Waals surface area contributed by atoms with Crippen LogP contribution in [0.3, 0.4) is 0 Å². The second-order valence-corrected chi connectivity index (χ2v) is 8.29. The molecule has 0 saturated carbocycles. The molecule has 1 amide bonds. The monoisotopic (exact) mass is 334 g/mol. The average Bonchev–Trinajstić information content (AvgIpc) is 2.86. The lowest BCUT2D eigenvalue weighted by atomic mass is 9.74. The number of hydrogen-bond donors (Lipinski definition) is 1. The minimum absolute atomic E-state index is 0.00623. The molecule has 1 aromatic rings. The summed E-state index contributed by atoms with van der Waals surface area (Å²) in [5.41, 5.74) is 1.25. The number of morpholine rings is 1. The summed E-state index contributed by atoms with van der Waals surface area (Å²) in [5.74, 6) is 1.92. The summed E-state index contributed by atoms with van der Waals surface area (Å²) in [5, 5.41) is 3.22. The van der Waals surface area contributed by atoms with E-state index in [1.807, 2.05) is 6.92 Å². The SMILES string of the molecule is Cc1cc2c(o1)CC(C)(C)C[C@H]2NC(=O)[C@@H]1CN(C(C)C)CCO1. The van der Waals surface area contributed by atoms with Crippen LogP contribution in [-0.2, 0) is 16.0 Å². The van der Waals surface area contributed by atoms with Crippen molar-refractivity contribution < 1.29 is 13.9 Å². The lowest BCUT2D eigenvalue weighted by molar-refractivity contribution is -0.140. The van der Waals surface area contributed by atoms with Crippen LogP contribution in [0.1, 0.15) is 57.2 Å². The molecule has 5 nitrogen and oxygen atoms in total. The molecule has 134 valence electrons. The number of rotatable bonds is 3. The molecule has 1 aromatic heterocycles. The van der Waals surface area contributed by atoms with E-state index < -0.39 is 0 Å². The van der Waals surface area contributed by atoms with Crippen molar-refractivity contribution in [2.75, 3.05) is 19.7 Å². The Bertz CT molecular complexity index is 606. The van der Waals surface area contributed by atoms with E-state index >= 15 is 0 Å². The smallest absolute Gasteiger partial charge is 0.250 e. The predicted molar refractivity (Wildman–Crippen MR) is 92.9 cm³/mol. The first-order valence-corrected chi connectivity index (χ1v) is 9.00. The Balaban J connectivity index is 1.72. The van der Waals surface area contributed by atoms with Gasteiger partial charge in [0.1, 0.15) is 17.6 Å². The third kappa shape index (κ3) is 3.67. The van der Waals surface area contributed by atoms with E-state index in [-0.39, 0.29) is 23.5 Å². The third-order valence-electron chi connectivity index (χ3n) is 5.17. The second kappa shape index (κ2) is 6.52. The van der Waals surface area contributed by atoms with E-state index in [4.69, 9.17) is 9.15 Å². The minimum Gasteiger partial charge on any atom is -0.466 e. The molecule has 2 aliphatic rings. The quantitative estimate of drug-likeness (QED) is 0.923. The molecule has 1 aliphatic carbocycles. The van der Waals surface area contributed by atoms with Crippen LogP contribution in [0.4, 0.5) is 0 Å². The normalized spacial score (nSPS) is 27.1. The number of hydrogen-bond acceptors (Lipinski definition) is 4. The van der Waals surface area contributed by atoms with Crippen LogP contribution in [-0.4, -0.2) is 42.6 Å². The van der Waals surface area contributed by atoms with Crippen LogP contribution >= 0.6 is 0 Å². The number of fused-ring (bicyclic) bond motifs is 1. The van der Waals surface area contributed by atoms with E-state index in [1.165, 1.54) is 0 Å². The number of aryl methyl sites for hydroxylation is 1. The standard InChI is InChI=1S/C19H30N2O3/c1-12(2)21-6-7-23-17(11-21)18(22)20-15-9-19(4,5)10-16-14(15)8-13(3)24-16/h8,12,15,17H,6-7,9-11H2,1-5H3,(H,20,22)/t15-,17+/m1/s1. The zero-order chi connectivity index (χ0) is 17.5. The van der Waals surface area contributed by atoms with Gasteiger partial charge < -0.3 is 14.5 Å². The van der Waals surface area contributed by atoms with Gasteiger partial charge in [0.05, 0.1) is 12.6 Å². The largest absolute Gasteiger partial charge is 0.466 e. The summed E-state index contributed by atoms with van der Waals surface area (Å²) in [6, 6.07) is 2.50. The van der Waals surface area contributed by atoms with Crippen LogP contribution in [0.15, 0.2) is 10.5 Å². The maximum absolute atomic E-state index is 12.8. The molecule has 1 fully saturated rings. The van der Waals surface area contributed by atoms with Gasteiger partial charge in [-0.15, -0.1) is 0 Å². The molecule has 0 bridgehead atoms. The summed E-state index contributed by atoms with van der Waals surface area (Å²) in [6.45, 7) is 12.9. The zero-order valence-corrected chi connectivity index (χ0v) is 15.5. The summed E-state index contributed by atoms with van der Waals surface area (Å²) >= 11 is 0. The van der Waals surface area contributed by atoms with Gasteiger partial charge in [0.2, 0.25) is 0 Å². The number of nitrogens with zero attached hydrogens (tertiary/aromatic N) is 1. The molecule has 1 aliphatic heterocycles. The van der Waals surface area contributed by atoms with E-state index in [1.54, 1.807) is 0 Å². The Labute approximate surface area is 144 Å². The van der Waals surface area contributed by atoms with Gasteiger partial charge in [0, 0.05) is 31.1 Å². The molecule has 2 heterocycles. The highest BCUT2D eigenvalue weighted by Crippen LogP contribution is 2.42. The molecule has 0 spiro atoms. The van der Waals surface area contributed by atoms with Crippen molar-refractivity contribution in [1.82, 2.24) is 10.2 Å². The number of ether oxygens (including phenoxy) is 1. The van der Waals surface area contributed by atoms with Crippen molar-refractivity contribution in [3.05, 3.63) is 23.2 Å². The van der Waals surface area contributed by atoms with Crippen LogP contribution in [0.25, 0.3) is 0 Å². The topological polar surface area (TPSA) is 54.7 Å². The van der Waals surface area contributed by atoms with Crippen LogP contribution in [0.2, 0.25) is 0 Å². The summed E-state index contributed by atoms with van der Waals surface area (Å²) < 4.78 is 11.6. The van der Waals surface area contributed by atoms with Gasteiger partial charge in [-0.05, 0) is 38.7 Å². The predicted octanol–water partition coefficient (Wildman–Crippen LogP) is 2.83. The number of furan rings is 1. The highest BCUT2D eigenvalue weighted by Gasteiger charge is 2.37. The van der Waals surface area contributed by atoms with Crippen molar-refractivity contribution in [1.29, 1.82) is 0 Å². The van der Waals surface area contributed by atoms with Gasteiger partial charge in [-0.1, -0.05) is 13.8 Å². The molecule has 0 aromatic carbocycles. The maximum atomic E-state index is 12.8. The van der Waals surface area contributed by atoms with Gasteiger partial charge in [0.25, 0.3) is 5.91 Å². The molecule has 1 saturated heterocycles. The summed E-state index contributed by atoms with van der Waals surface area (Å²) in [6.07, 6.45) is 1.46. The van der Waals surface area contributed by atoms with E-state index in [0.717, 1.165) is 36.5 Å². The molecule has 5 heteroatoms. The molecule has 1 N–H and O–H groups in total. The number of carbonyl (C=O) groups excluding carboxylic acids is 1. The fraction of sp³-hybridized carbons (Fsp3) is 0.737. The number of nitrogens with one attached hydrogen (secondary N) is 1. The maximum Gasteiger partial charge on any atom is 0.250 e. The lowest BCUT2D eigenvalue weighted by Gasteiger charge is -2.37. The lowest BCUT2D eigenvalue weighted by Crippen LogP contribution is -2.52. The van der Waals surface area contributed by atoms with Crippen LogP contribution < -0.4 is 5.32 Å². The molecular formula is C19H30N2O3. The van der Waals surface area contributed by atoms with Gasteiger partial charge in [-0.25, -0.2) is 0 Å². The highest BCUT2D eigenvalue weighted by molar-refractivity contribution is 5.81. The molecule has 3 rings (SSSR count).